The van der Waals surface area contributed by atoms with E-state index in [0.29, 0.717) is 52.0 Å². The minimum absolute atomic E-state index is 0.238. The number of carbonyl (C=O) groups excluding carboxylic acids is 1. The SMILES string of the molecule is CCOc1ccc([C@H]2C(C(=O)OC)=CN=c3s/c(=C/c4ccccc4OCc4cccc5ccccc45)c(=O)n32)cc1OCC. The second-order valence-electron chi connectivity index (χ2n) is 10.2. The molecule has 1 aliphatic heterocycles. The number of hydrogen-bond acceptors (Lipinski definition) is 8. The van der Waals surface area contributed by atoms with Crippen LogP contribution >= 0.6 is 11.3 Å². The van der Waals surface area contributed by atoms with Crippen molar-refractivity contribution in [2.24, 2.45) is 4.99 Å². The molecule has 5 aromatic rings. The van der Waals surface area contributed by atoms with Gasteiger partial charge in [0.05, 0.1) is 36.5 Å². The van der Waals surface area contributed by atoms with Crippen LogP contribution in [-0.2, 0) is 16.1 Å². The van der Waals surface area contributed by atoms with Gasteiger partial charge in [-0.2, -0.15) is 0 Å². The average Bonchev–Trinajstić information content (AvgIpc) is 3.39. The van der Waals surface area contributed by atoms with Crippen molar-refractivity contribution in [3.8, 4) is 17.2 Å². The highest BCUT2D eigenvalue weighted by Crippen LogP contribution is 2.35. The Morgan fingerprint density at radius 1 is 0.889 bits per heavy atom. The van der Waals surface area contributed by atoms with Gasteiger partial charge in [0.25, 0.3) is 5.56 Å². The summed E-state index contributed by atoms with van der Waals surface area (Å²) in [5, 5.41) is 2.28. The van der Waals surface area contributed by atoms with Crippen molar-refractivity contribution >= 4 is 34.2 Å². The Hall–Kier alpha value is -5.15. The summed E-state index contributed by atoms with van der Waals surface area (Å²) >= 11 is 1.25. The molecule has 0 saturated carbocycles. The van der Waals surface area contributed by atoms with Crippen LogP contribution in [0.5, 0.6) is 17.2 Å². The number of esters is 1. The summed E-state index contributed by atoms with van der Waals surface area (Å²) in [7, 11) is 1.31. The van der Waals surface area contributed by atoms with E-state index in [-0.39, 0.29) is 11.1 Å². The van der Waals surface area contributed by atoms with Gasteiger partial charge in [0.1, 0.15) is 12.4 Å². The Balaban J connectivity index is 1.40. The Bertz CT molecular complexity index is 2090. The van der Waals surface area contributed by atoms with Crippen LogP contribution in [0.25, 0.3) is 16.8 Å². The quantitative estimate of drug-likeness (QED) is 0.190. The molecule has 9 heteroatoms. The summed E-state index contributed by atoms with van der Waals surface area (Å²) in [4.78, 5) is 32.0. The maximum absolute atomic E-state index is 14.1. The van der Waals surface area contributed by atoms with E-state index < -0.39 is 12.0 Å². The number of fused-ring (bicyclic) bond motifs is 2. The third-order valence-corrected chi connectivity index (χ3v) is 8.47. The van der Waals surface area contributed by atoms with Crippen LogP contribution in [0.2, 0.25) is 0 Å². The van der Waals surface area contributed by atoms with Gasteiger partial charge in [-0.15, -0.1) is 0 Å². The van der Waals surface area contributed by atoms with Crippen LogP contribution < -0.4 is 29.1 Å². The van der Waals surface area contributed by atoms with Crippen molar-refractivity contribution in [1.82, 2.24) is 4.57 Å². The van der Waals surface area contributed by atoms with E-state index in [9.17, 15) is 9.59 Å². The molecule has 0 aliphatic carbocycles. The molecule has 0 radical (unpaired) electrons. The first kappa shape index (κ1) is 29.9. The summed E-state index contributed by atoms with van der Waals surface area (Å²) in [5.41, 5.74) is 2.45. The second kappa shape index (κ2) is 13.2. The molecule has 1 aliphatic rings. The van der Waals surface area contributed by atoms with E-state index in [1.54, 1.807) is 12.1 Å². The van der Waals surface area contributed by atoms with Crippen molar-refractivity contribution in [2.75, 3.05) is 20.3 Å². The van der Waals surface area contributed by atoms with Gasteiger partial charge in [0.15, 0.2) is 16.3 Å². The molecule has 0 amide bonds. The van der Waals surface area contributed by atoms with Crippen molar-refractivity contribution < 1.29 is 23.7 Å². The zero-order valence-electron chi connectivity index (χ0n) is 25.2. The van der Waals surface area contributed by atoms with Gasteiger partial charge >= 0.3 is 5.97 Å². The lowest BCUT2D eigenvalue weighted by molar-refractivity contribution is -0.136. The molecule has 1 atom stereocenters. The van der Waals surface area contributed by atoms with Crippen molar-refractivity contribution in [3.05, 3.63) is 133 Å². The summed E-state index contributed by atoms with van der Waals surface area (Å²) in [6.45, 7) is 5.04. The van der Waals surface area contributed by atoms with Gasteiger partial charge in [-0.05, 0) is 60.0 Å². The summed E-state index contributed by atoms with van der Waals surface area (Å²) < 4.78 is 25.0. The highest BCUT2D eigenvalue weighted by molar-refractivity contribution is 7.07. The van der Waals surface area contributed by atoms with Crippen LogP contribution in [-0.4, -0.2) is 30.9 Å². The number of para-hydroxylation sites is 1. The Labute approximate surface area is 264 Å². The normalized spacial score (nSPS) is 14.3. The summed E-state index contributed by atoms with van der Waals surface area (Å²) in [6.07, 6.45) is 3.29. The molecular weight excluding hydrogens is 588 g/mol. The van der Waals surface area contributed by atoms with Gasteiger partial charge in [-0.1, -0.05) is 78.1 Å². The zero-order chi connectivity index (χ0) is 31.3. The molecule has 4 aromatic carbocycles. The molecule has 228 valence electrons. The van der Waals surface area contributed by atoms with Crippen LogP contribution in [0.3, 0.4) is 0 Å². The minimum Gasteiger partial charge on any atom is -0.490 e. The van der Waals surface area contributed by atoms with Crippen LogP contribution in [0.15, 0.2) is 106 Å². The lowest BCUT2D eigenvalue weighted by Gasteiger charge is -2.23. The number of carbonyl (C=O) groups is 1. The van der Waals surface area contributed by atoms with E-state index in [0.717, 1.165) is 21.9 Å². The smallest absolute Gasteiger partial charge is 0.337 e. The molecule has 0 N–H and O–H groups in total. The lowest BCUT2D eigenvalue weighted by atomic mass is 9.97. The first-order chi connectivity index (χ1) is 22.0. The Morgan fingerprint density at radius 2 is 1.64 bits per heavy atom. The predicted octanol–water partition coefficient (Wildman–Crippen LogP) is 5.55. The van der Waals surface area contributed by atoms with E-state index in [1.165, 1.54) is 29.2 Å². The van der Waals surface area contributed by atoms with Crippen molar-refractivity contribution in [2.45, 2.75) is 26.5 Å². The number of hydrogen-bond donors (Lipinski definition) is 0. The van der Waals surface area contributed by atoms with E-state index in [4.69, 9.17) is 18.9 Å². The summed E-state index contributed by atoms with van der Waals surface area (Å²) in [5.74, 6) is 1.18. The maximum atomic E-state index is 14.1. The second-order valence-corrected chi connectivity index (χ2v) is 11.2. The fraction of sp³-hybridized carbons (Fsp3) is 0.194. The number of aromatic nitrogens is 1. The van der Waals surface area contributed by atoms with Gasteiger partial charge in [-0.25, -0.2) is 9.79 Å². The molecule has 0 bridgehead atoms. The van der Waals surface area contributed by atoms with Crippen molar-refractivity contribution in [3.63, 3.8) is 0 Å². The molecule has 0 unspecified atom stereocenters. The fourth-order valence-electron chi connectivity index (χ4n) is 5.43. The van der Waals surface area contributed by atoms with E-state index in [2.05, 4.69) is 29.3 Å². The predicted molar refractivity (Wildman–Crippen MR) is 175 cm³/mol. The minimum atomic E-state index is -0.774. The number of thiazole rings is 1. The fourth-order valence-corrected chi connectivity index (χ4v) is 6.39. The third-order valence-electron chi connectivity index (χ3n) is 7.48. The molecule has 1 aromatic heterocycles. The number of rotatable bonds is 10. The topological polar surface area (TPSA) is 88.4 Å². The van der Waals surface area contributed by atoms with Gasteiger partial charge in [0, 0.05) is 11.8 Å². The zero-order valence-corrected chi connectivity index (χ0v) is 26.0. The summed E-state index contributed by atoms with van der Waals surface area (Å²) in [6, 6.07) is 26.6. The number of benzene rings is 4. The molecule has 2 heterocycles. The van der Waals surface area contributed by atoms with Crippen LogP contribution in [0.4, 0.5) is 0 Å². The van der Waals surface area contributed by atoms with E-state index in [1.807, 2.05) is 68.5 Å². The Kier molecular flexibility index (Phi) is 8.79. The van der Waals surface area contributed by atoms with Crippen molar-refractivity contribution in [1.29, 1.82) is 0 Å². The molecule has 6 rings (SSSR count). The van der Waals surface area contributed by atoms with Crippen LogP contribution in [0, 0.1) is 0 Å². The number of ether oxygens (including phenoxy) is 4. The molecule has 45 heavy (non-hydrogen) atoms. The average molecular weight is 621 g/mol. The van der Waals surface area contributed by atoms with Gasteiger partial charge < -0.3 is 18.9 Å². The largest absolute Gasteiger partial charge is 0.490 e. The first-order valence-electron chi connectivity index (χ1n) is 14.7. The first-order valence-corrected chi connectivity index (χ1v) is 15.5. The highest BCUT2D eigenvalue weighted by atomic mass is 32.1. The van der Waals surface area contributed by atoms with E-state index >= 15 is 0 Å². The standard InChI is InChI=1S/C36H32N2O6S/c1-4-42-30-18-17-25(19-31(30)43-5-2)33-28(35(40)41-3)21-37-36-38(33)34(39)32(45-36)20-24-12-7-9-16-29(24)44-22-26-14-10-13-23-11-6-8-15-27(23)26/h6-21,33H,4-5,22H2,1-3H3/b32-20+/t33-/m0/s1. The molecule has 0 fully saturated rings. The molecule has 0 spiro atoms. The van der Waals surface area contributed by atoms with Crippen LogP contribution in [0.1, 0.15) is 36.6 Å². The number of methoxy groups -OCH3 is 1. The van der Waals surface area contributed by atoms with Gasteiger partial charge in [0.2, 0.25) is 0 Å². The third kappa shape index (κ3) is 5.99. The van der Waals surface area contributed by atoms with Gasteiger partial charge in [-0.3, -0.25) is 9.36 Å². The maximum Gasteiger partial charge on any atom is 0.337 e. The molecule has 0 saturated heterocycles. The molecular formula is C36H32N2O6S. The highest BCUT2D eigenvalue weighted by Gasteiger charge is 2.31. The molecule has 8 nitrogen and oxygen atoms in total. The number of nitrogens with zero attached hydrogens (tertiary/aromatic N) is 2. The lowest BCUT2D eigenvalue weighted by Crippen LogP contribution is -2.39. The Morgan fingerprint density at radius 3 is 2.47 bits per heavy atom. The monoisotopic (exact) mass is 620 g/mol.